The van der Waals surface area contributed by atoms with Crippen molar-refractivity contribution in [2.45, 2.75) is 39.5 Å². The summed E-state index contributed by atoms with van der Waals surface area (Å²) in [5, 5.41) is 12.9. The Labute approximate surface area is 161 Å². The van der Waals surface area contributed by atoms with Crippen molar-refractivity contribution in [1.29, 1.82) is 5.26 Å². The molecule has 0 unspecified atom stereocenters. The second kappa shape index (κ2) is 7.76. The summed E-state index contributed by atoms with van der Waals surface area (Å²) in [6.07, 6.45) is 1.60. The van der Waals surface area contributed by atoms with Crippen molar-refractivity contribution in [3.8, 4) is 6.07 Å². The van der Waals surface area contributed by atoms with E-state index in [4.69, 9.17) is 8.83 Å². The Morgan fingerprint density at radius 2 is 2.15 bits per heavy atom. The molecule has 1 N–H and O–H groups in total. The van der Waals surface area contributed by atoms with E-state index in [1.54, 1.807) is 6.26 Å². The van der Waals surface area contributed by atoms with Gasteiger partial charge >= 0.3 is 0 Å². The van der Waals surface area contributed by atoms with E-state index in [1.165, 1.54) is 11.8 Å². The first kappa shape index (κ1) is 18.9. The van der Waals surface area contributed by atoms with Crippen LogP contribution in [0.15, 0.2) is 32.5 Å². The Bertz CT molecular complexity index is 990. The number of carbonyl (C=O) groups is 1. The Balaban J connectivity index is 1.79. The molecular weight excluding hydrogens is 364 g/mol. The van der Waals surface area contributed by atoms with E-state index in [1.807, 2.05) is 44.4 Å². The molecule has 8 heteroatoms. The van der Waals surface area contributed by atoms with Crippen LogP contribution in [0.3, 0.4) is 0 Å². The van der Waals surface area contributed by atoms with E-state index in [-0.39, 0.29) is 11.7 Å². The zero-order chi connectivity index (χ0) is 19.6. The highest BCUT2D eigenvalue weighted by molar-refractivity contribution is 7.99. The Hall–Kier alpha value is -2.92. The normalized spacial score (nSPS) is 10.8. The summed E-state index contributed by atoms with van der Waals surface area (Å²) in [7, 11) is 0. The summed E-state index contributed by atoms with van der Waals surface area (Å²) in [4.78, 5) is 16.7. The van der Waals surface area contributed by atoms with Crippen molar-refractivity contribution in [1.82, 2.24) is 9.55 Å². The van der Waals surface area contributed by atoms with Gasteiger partial charge in [-0.05, 0) is 45.4 Å². The predicted molar refractivity (Wildman–Crippen MR) is 102 cm³/mol. The number of amides is 1. The number of aromatic nitrogens is 2. The monoisotopic (exact) mass is 384 g/mol. The standard InChI is InChI=1S/C19H20N4O3S/c1-11-13(3)23(9-15-6-5-7-25-15)18(16(11)8-20)22-17(24)10-27-19-21-12(2)14(4)26-19/h5-7H,9-10H2,1-4H3,(H,22,24). The zero-order valence-corrected chi connectivity index (χ0v) is 16.4. The van der Waals surface area contributed by atoms with Crippen molar-refractivity contribution >= 4 is 23.5 Å². The van der Waals surface area contributed by atoms with Gasteiger partial charge in [-0.2, -0.15) is 5.26 Å². The lowest BCUT2D eigenvalue weighted by atomic mass is 10.2. The highest BCUT2D eigenvalue weighted by atomic mass is 32.2. The highest BCUT2D eigenvalue weighted by Crippen LogP contribution is 2.28. The van der Waals surface area contributed by atoms with E-state index >= 15 is 0 Å². The van der Waals surface area contributed by atoms with Crippen LogP contribution < -0.4 is 5.32 Å². The van der Waals surface area contributed by atoms with E-state index in [9.17, 15) is 10.1 Å². The number of nitrogens with one attached hydrogen (secondary N) is 1. The quantitative estimate of drug-likeness (QED) is 0.646. The lowest BCUT2D eigenvalue weighted by molar-refractivity contribution is -0.113. The first-order valence-corrected chi connectivity index (χ1v) is 9.38. The van der Waals surface area contributed by atoms with Gasteiger partial charge in [0.1, 0.15) is 23.4 Å². The summed E-state index contributed by atoms with van der Waals surface area (Å²) >= 11 is 1.22. The summed E-state index contributed by atoms with van der Waals surface area (Å²) in [5.74, 6) is 1.86. The minimum atomic E-state index is -0.233. The molecule has 3 rings (SSSR count). The molecule has 0 aromatic carbocycles. The van der Waals surface area contributed by atoms with Gasteiger partial charge in [0.15, 0.2) is 0 Å². The lowest BCUT2D eigenvalue weighted by Gasteiger charge is -2.11. The number of oxazole rings is 1. The van der Waals surface area contributed by atoms with Gasteiger partial charge in [0, 0.05) is 5.69 Å². The van der Waals surface area contributed by atoms with Crippen LogP contribution in [0.4, 0.5) is 5.82 Å². The largest absolute Gasteiger partial charge is 0.467 e. The molecule has 0 aliphatic rings. The smallest absolute Gasteiger partial charge is 0.256 e. The van der Waals surface area contributed by atoms with Crippen molar-refractivity contribution < 1.29 is 13.6 Å². The van der Waals surface area contributed by atoms with Gasteiger partial charge in [-0.25, -0.2) is 4.98 Å². The van der Waals surface area contributed by atoms with Crippen LogP contribution in [-0.4, -0.2) is 21.2 Å². The second-order valence-electron chi connectivity index (χ2n) is 6.17. The molecule has 3 aromatic heterocycles. The number of thioether (sulfide) groups is 1. The van der Waals surface area contributed by atoms with Crippen molar-refractivity contribution in [2.75, 3.05) is 11.1 Å². The van der Waals surface area contributed by atoms with E-state index in [0.717, 1.165) is 28.5 Å². The molecule has 3 aromatic rings. The maximum absolute atomic E-state index is 12.5. The van der Waals surface area contributed by atoms with Crippen molar-refractivity contribution in [2.24, 2.45) is 0 Å². The summed E-state index contributed by atoms with van der Waals surface area (Å²) in [6.45, 7) is 7.91. The summed E-state index contributed by atoms with van der Waals surface area (Å²) < 4.78 is 12.8. The molecule has 0 aliphatic heterocycles. The van der Waals surface area contributed by atoms with Crippen LogP contribution in [0, 0.1) is 39.0 Å². The van der Waals surface area contributed by atoms with E-state index < -0.39 is 0 Å². The van der Waals surface area contributed by atoms with E-state index in [2.05, 4.69) is 16.4 Å². The summed E-state index contributed by atoms with van der Waals surface area (Å²) in [6, 6.07) is 5.85. The van der Waals surface area contributed by atoms with Crippen molar-refractivity contribution in [3.05, 3.63) is 52.4 Å². The molecule has 140 valence electrons. The molecule has 0 spiro atoms. The van der Waals surface area contributed by atoms with Crippen LogP contribution in [0.1, 0.15) is 34.0 Å². The van der Waals surface area contributed by atoms with Gasteiger partial charge in [0.2, 0.25) is 5.91 Å². The number of nitriles is 1. The van der Waals surface area contributed by atoms with Crippen LogP contribution in [0.25, 0.3) is 0 Å². The molecule has 0 saturated carbocycles. The fourth-order valence-electron chi connectivity index (χ4n) is 2.69. The fraction of sp³-hybridized carbons (Fsp3) is 0.316. The van der Waals surface area contributed by atoms with Gasteiger partial charge < -0.3 is 18.7 Å². The number of hydrogen-bond donors (Lipinski definition) is 1. The third-order valence-corrected chi connectivity index (χ3v) is 5.26. The molecule has 0 atom stereocenters. The molecule has 0 bridgehead atoms. The first-order valence-electron chi connectivity index (χ1n) is 8.39. The molecule has 0 saturated heterocycles. The molecule has 1 amide bonds. The number of hydrogen-bond acceptors (Lipinski definition) is 6. The lowest BCUT2D eigenvalue weighted by Crippen LogP contribution is -2.18. The maximum atomic E-state index is 12.5. The third-order valence-electron chi connectivity index (χ3n) is 4.43. The van der Waals surface area contributed by atoms with E-state index in [0.29, 0.717) is 23.1 Å². The van der Waals surface area contributed by atoms with Crippen LogP contribution in [0.2, 0.25) is 0 Å². The maximum Gasteiger partial charge on any atom is 0.256 e. The SMILES string of the molecule is Cc1nc(SCC(=O)Nc2c(C#N)c(C)c(C)n2Cc2ccco2)oc1C. The molecule has 0 fully saturated rings. The van der Waals surface area contributed by atoms with Crippen molar-refractivity contribution in [3.63, 3.8) is 0 Å². The second-order valence-corrected chi connectivity index (χ2v) is 7.10. The number of anilines is 1. The number of rotatable bonds is 6. The molecular formula is C19H20N4O3S. The average Bonchev–Trinajstić information content (AvgIpc) is 3.31. The van der Waals surface area contributed by atoms with Gasteiger partial charge in [-0.15, -0.1) is 0 Å². The topological polar surface area (TPSA) is 97.0 Å². The number of nitrogens with zero attached hydrogens (tertiary/aromatic N) is 3. The summed E-state index contributed by atoms with van der Waals surface area (Å²) in [5.41, 5.74) is 3.01. The number of furan rings is 1. The minimum Gasteiger partial charge on any atom is -0.467 e. The van der Waals surface area contributed by atoms with Crippen LogP contribution in [-0.2, 0) is 11.3 Å². The predicted octanol–water partition coefficient (Wildman–Crippen LogP) is 3.95. The molecule has 0 radical (unpaired) electrons. The van der Waals surface area contributed by atoms with Crippen LogP contribution >= 0.6 is 11.8 Å². The highest BCUT2D eigenvalue weighted by Gasteiger charge is 2.20. The molecule has 7 nitrogen and oxygen atoms in total. The zero-order valence-electron chi connectivity index (χ0n) is 15.6. The first-order chi connectivity index (χ1) is 12.9. The van der Waals surface area contributed by atoms with Crippen LogP contribution in [0.5, 0.6) is 0 Å². The average molecular weight is 384 g/mol. The fourth-order valence-corrected chi connectivity index (χ4v) is 3.40. The molecule has 27 heavy (non-hydrogen) atoms. The molecule has 0 aliphatic carbocycles. The Kier molecular flexibility index (Phi) is 5.42. The van der Waals surface area contributed by atoms with Gasteiger partial charge in [0.05, 0.1) is 29.8 Å². The Morgan fingerprint density at radius 3 is 2.74 bits per heavy atom. The number of aryl methyl sites for hydroxylation is 2. The van der Waals surface area contributed by atoms with Gasteiger partial charge in [-0.1, -0.05) is 11.8 Å². The van der Waals surface area contributed by atoms with Gasteiger partial charge in [0.25, 0.3) is 5.22 Å². The minimum absolute atomic E-state index is 0.133. The van der Waals surface area contributed by atoms with Gasteiger partial charge in [-0.3, -0.25) is 4.79 Å². The number of carbonyl (C=O) groups excluding carboxylic acids is 1. The Morgan fingerprint density at radius 1 is 1.37 bits per heavy atom. The third kappa shape index (κ3) is 3.93. The molecule has 3 heterocycles.